The molecule has 7 heteroatoms. The maximum absolute atomic E-state index is 12.4. The fraction of sp³-hybridized carbons (Fsp3) is 0.381. The molecule has 0 spiro atoms. The van der Waals surface area contributed by atoms with Crippen LogP contribution < -0.4 is 4.74 Å². The fourth-order valence-corrected chi connectivity index (χ4v) is 2.67. The molecule has 2 aromatic rings. The average Bonchev–Trinajstić information content (AvgIpc) is 2.98. The van der Waals surface area contributed by atoms with Gasteiger partial charge >= 0.3 is 11.9 Å². The summed E-state index contributed by atoms with van der Waals surface area (Å²) in [7, 11) is 1.27. The zero-order chi connectivity index (χ0) is 20.8. The topological polar surface area (TPSA) is 94.7 Å². The summed E-state index contributed by atoms with van der Waals surface area (Å²) >= 11 is 0. The van der Waals surface area contributed by atoms with E-state index in [1.165, 1.54) is 7.11 Å². The van der Waals surface area contributed by atoms with Gasteiger partial charge in [0, 0.05) is 5.69 Å². The third-order valence-electron chi connectivity index (χ3n) is 4.11. The summed E-state index contributed by atoms with van der Waals surface area (Å²) in [5, 5.41) is 0. The number of aryl methyl sites for hydroxylation is 1. The summed E-state index contributed by atoms with van der Waals surface area (Å²) in [6.07, 6.45) is 0. The SMILES string of the molecule is COC(=O)c1c(C)[nH]c(C(=O)COC(=O)c2ccc(OCC(C)C)cc2)c1C. The first kappa shape index (κ1) is 21.2. The molecule has 0 unspecified atom stereocenters. The minimum absolute atomic E-state index is 0.225. The van der Waals surface area contributed by atoms with Crippen molar-refractivity contribution in [2.45, 2.75) is 27.7 Å². The number of carbonyl (C=O) groups is 3. The maximum atomic E-state index is 12.4. The largest absolute Gasteiger partial charge is 0.493 e. The van der Waals surface area contributed by atoms with Crippen LogP contribution in [0.15, 0.2) is 24.3 Å². The summed E-state index contributed by atoms with van der Waals surface area (Å²) in [5.74, 6) is -0.509. The number of carbonyl (C=O) groups excluding carboxylic acids is 3. The number of H-pyrrole nitrogens is 1. The van der Waals surface area contributed by atoms with Gasteiger partial charge < -0.3 is 19.2 Å². The van der Waals surface area contributed by atoms with Gasteiger partial charge in [0.15, 0.2) is 6.61 Å². The van der Waals surface area contributed by atoms with Crippen molar-refractivity contribution in [3.63, 3.8) is 0 Å². The molecule has 0 radical (unpaired) electrons. The van der Waals surface area contributed by atoms with Crippen molar-refractivity contribution in [2.24, 2.45) is 5.92 Å². The summed E-state index contributed by atoms with van der Waals surface area (Å²) in [6, 6.07) is 6.54. The van der Waals surface area contributed by atoms with E-state index in [9.17, 15) is 14.4 Å². The van der Waals surface area contributed by atoms with E-state index in [1.807, 2.05) is 13.8 Å². The van der Waals surface area contributed by atoms with Gasteiger partial charge in [0.2, 0.25) is 5.78 Å². The van der Waals surface area contributed by atoms with Crippen LogP contribution in [-0.4, -0.2) is 43.0 Å². The van der Waals surface area contributed by atoms with Crippen molar-refractivity contribution in [1.82, 2.24) is 4.98 Å². The smallest absolute Gasteiger partial charge is 0.339 e. The molecule has 0 aliphatic rings. The van der Waals surface area contributed by atoms with E-state index in [0.29, 0.717) is 40.7 Å². The first-order valence-corrected chi connectivity index (χ1v) is 8.95. The van der Waals surface area contributed by atoms with Gasteiger partial charge in [-0.05, 0) is 49.6 Å². The molecule has 1 aromatic heterocycles. The van der Waals surface area contributed by atoms with E-state index in [0.717, 1.165) is 0 Å². The Labute approximate surface area is 164 Å². The summed E-state index contributed by atoms with van der Waals surface area (Å²) in [5.41, 5.74) is 1.85. The van der Waals surface area contributed by atoms with Crippen LogP contribution >= 0.6 is 0 Å². The molecule has 0 atom stereocenters. The lowest BCUT2D eigenvalue weighted by atomic mass is 10.1. The Morgan fingerprint density at radius 1 is 1.04 bits per heavy atom. The molecule has 0 saturated heterocycles. The highest BCUT2D eigenvalue weighted by atomic mass is 16.5. The van der Waals surface area contributed by atoms with Gasteiger partial charge in [-0.2, -0.15) is 0 Å². The van der Waals surface area contributed by atoms with Crippen LogP contribution in [0.5, 0.6) is 5.75 Å². The molecule has 1 N–H and O–H groups in total. The van der Waals surface area contributed by atoms with Gasteiger partial charge in [0.1, 0.15) is 5.75 Å². The Bertz CT molecular complexity index is 864. The van der Waals surface area contributed by atoms with Crippen molar-refractivity contribution in [3.05, 3.63) is 52.3 Å². The number of hydrogen-bond acceptors (Lipinski definition) is 6. The van der Waals surface area contributed by atoms with E-state index < -0.39 is 24.3 Å². The molecule has 0 saturated carbocycles. The predicted octanol–water partition coefficient (Wildman–Crippen LogP) is 3.49. The summed E-state index contributed by atoms with van der Waals surface area (Å²) < 4.78 is 15.4. The zero-order valence-electron chi connectivity index (χ0n) is 16.8. The van der Waals surface area contributed by atoms with Gasteiger partial charge in [-0.15, -0.1) is 0 Å². The molecule has 7 nitrogen and oxygen atoms in total. The van der Waals surface area contributed by atoms with Gasteiger partial charge in [-0.1, -0.05) is 13.8 Å². The number of esters is 2. The Morgan fingerprint density at radius 3 is 2.25 bits per heavy atom. The lowest BCUT2D eigenvalue weighted by Crippen LogP contribution is -2.15. The molecule has 2 rings (SSSR count). The number of rotatable bonds is 8. The molecule has 0 bridgehead atoms. The number of ketones is 1. The molecule has 0 fully saturated rings. The molecule has 28 heavy (non-hydrogen) atoms. The molecule has 1 aromatic carbocycles. The van der Waals surface area contributed by atoms with Crippen LogP contribution in [0, 0.1) is 19.8 Å². The highest BCUT2D eigenvalue weighted by molar-refractivity contribution is 6.03. The second kappa shape index (κ2) is 9.21. The van der Waals surface area contributed by atoms with Crippen LogP contribution in [0.4, 0.5) is 0 Å². The fourth-order valence-electron chi connectivity index (χ4n) is 2.67. The van der Waals surface area contributed by atoms with Crippen molar-refractivity contribution < 1.29 is 28.6 Å². The Hall–Kier alpha value is -3.09. The second-order valence-corrected chi connectivity index (χ2v) is 6.85. The lowest BCUT2D eigenvalue weighted by molar-refractivity contribution is 0.0473. The van der Waals surface area contributed by atoms with E-state index >= 15 is 0 Å². The van der Waals surface area contributed by atoms with E-state index in [4.69, 9.17) is 14.2 Å². The van der Waals surface area contributed by atoms with Gasteiger partial charge in [0.25, 0.3) is 0 Å². The molecule has 1 heterocycles. The van der Waals surface area contributed by atoms with Crippen molar-refractivity contribution in [2.75, 3.05) is 20.3 Å². The first-order valence-electron chi connectivity index (χ1n) is 8.95. The molecule has 150 valence electrons. The molecule has 0 aliphatic carbocycles. The predicted molar refractivity (Wildman–Crippen MR) is 103 cm³/mol. The Kier molecular flexibility index (Phi) is 6.98. The number of nitrogens with one attached hydrogen (secondary N) is 1. The van der Waals surface area contributed by atoms with E-state index in [2.05, 4.69) is 4.98 Å². The standard InChI is InChI=1S/C21H25NO6/c1-12(2)10-27-16-8-6-15(7-9-16)20(24)28-11-17(23)19-13(3)18(14(4)22-19)21(25)26-5/h6-9,12,22H,10-11H2,1-5H3. The van der Waals surface area contributed by atoms with Crippen LogP contribution in [0.3, 0.4) is 0 Å². The molecule has 0 amide bonds. The second-order valence-electron chi connectivity index (χ2n) is 6.85. The average molecular weight is 387 g/mol. The van der Waals surface area contributed by atoms with Crippen LogP contribution in [-0.2, 0) is 9.47 Å². The summed E-state index contributed by atoms with van der Waals surface area (Å²) in [4.78, 5) is 39.2. The molecular weight excluding hydrogens is 362 g/mol. The van der Waals surface area contributed by atoms with Gasteiger partial charge in [-0.25, -0.2) is 9.59 Å². The minimum Gasteiger partial charge on any atom is -0.493 e. The van der Waals surface area contributed by atoms with E-state index in [-0.39, 0.29) is 5.69 Å². The number of ether oxygens (including phenoxy) is 3. The quantitative estimate of drug-likeness (QED) is 0.550. The zero-order valence-corrected chi connectivity index (χ0v) is 16.8. The first-order chi connectivity index (χ1) is 13.2. The minimum atomic E-state index is -0.613. The van der Waals surface area contributed by atoms with Crippen LogP contribution in [0.25, 0.3) is 0 Å². The number of aromatic amines is 1. The normalized spacial score (nSPS) is 10.6. The van der Waals surface area contributed by atoms with E-state index in [1.54, 1.807) is 38.1 Å². The maximum Gasteiger partial charge on any atom is 0.339 e. The van der Waals surface area contributed by atoms with Crippen LogP contribution in [0.1, 0.15) is 56.3 Å². The van der Waals surface area contributed by atoms with Crippen molar-refractivity contribution >= 4 is 17.7 Å². The molecular formula is C21H25NO6. The van der Waals surface area contributed by atoms with Gasteiger partial charge in [-0.3, -0.25) is 4.79 Å². The number of benzene rings is 1. The highest BCUT2D eigenvalue weighted by Crippen LogP contribution is 2.20. The van der Waals surface area contributed by atoms with Crippen LogP contribution in [0.2, 0.25) is 0 Å². The lowest BCUT2D eigenvalue weighted by Gasteiger charge is -2.09. The number of aromatic nitrogens is 1. The Morgan fingerprint density at radius 2 is 1.68 bits per heavy atom. The van der Waals surface area contributed by atoms with Gasteiger partial charge in [0.05, 0.1) is 30.5 Å². The number of methoxy groups -OCH3 is 1. The third-order valence-corrected chi connectivity index (χ3v) is 4.11. The monoisotopic (exact) mass is 387 g/mol. The van der Waals surface area contributed by atoms with Crippen molar-refractivity contribution in [1.29, 1.82) is 0 Å². The molecule has 0 aliphatic heterocycles. The third kappa shape index (κ3) is 5.00. The summed E-state index contributed by atoms with van der Waals surface area (Å²) in [6.45, 7) is 7.55. The highest BCUT2D eigenvalue weighted by Gasteiger charge is 2.23. The number of hydrogen-bond donors (Lipinski definition) is 1. The number of Topliss-reactive ketones (excluding diaryl/α,β-unsaturated/α-hetero) is 1. The van der Waals surface area contributed by atoms with Crippen molar-refractivity contribution in [3.8, 4) is 5.75 Å². The Balaban J connectivity index is 1.99.